The zero-order valence-corrected chi connectivity index (χ0v) is 18.2. The zero-order valence-electron chi connectivity index (χ0n) is 17.4. The van der Waals surface area contributed by atoms with Crippen LogP contribution in [0.3, 0.4) is 0 Å². The van der Waals surface area contributed by atoms with Crippen LogP contribution in [-0.4, -0.2) is 46.8 Å². The van der Waals surface area contributed by atoms with Crippen molar-refractivity contribution >= 4 is 12.1 Å². The maximum Gasteiger partial charge on any atom is 0.0952 e. The fraction of sp³-hybridized carbons (Fsp3) is 0.591. The van der Waals surface area contributed by atoms with Gasteiger partial charge in [-0.2, -0.15) is 5.10 Å². The van der Waals surface area contributed by atoms with Crippen LogP contribution >= 0.6 is 12.1 Å². The largest absolute Gasteiger partial charge is 0.379 e. The molecule has 2 fully saturated rings. The number of hydrogen-bond acceptors (Lipinski definition) is 5. The summed E-state index contributed by atoms with van der Waals surface area (Å²) in [4.78, 5) is 0. The second-order valence-corrected chi connectivity index (χ2v) is 8.21. The highest BCUT2D eigenvalue weighted by atomic mass is 32.2. The lowest BCUT2D eigenvalue weighted by Crippen LogP contribution is -2.37. The number of benzene rings is 1. The minimum atomic E-state index is 0.603. The molecule has 0 spiro atoms. The molecule has 0 bridgehead atoms. The van der Waals surface area contributed by atoms with Gasteiger partial charge in [-0.3, -0.25) is 5.10 Å². The first-order chi connectivity index (χ1) is 13.8. The van der Waals surface area contributed by atoms with E-state index in [4.69, 9.17) is 4.74 Å². The van der Waals surface area contributed by atoms with E-state index in [0.29, 0.717) is 12.0 Å². The third kappa shape index (κ3) is 5.38. The van der Waals surface area contributed by atoms with Crippen LogP contribution in [0.15, 0.2) is 30.3 Å². The number of ether oxygens (including phenoxy) is 1. The van der Waals surface area contributed by atoms with Gasteiger partial charge >= 0.3 is 0 Å². The van der Waals surface area contributed by atoms with Gasteiger partial charge < -0.3 is 4.74 Å². The number of aromatic amines is 1. The van der Waals surface area contributed by atoms with E-state index in [1.54, 1.807) is 12.1 Å². The predicted octanol–water partition coefficient (Wildman–Crippen LogP) is 4.92. The van der Waals surface area contributed by atoms with Gasteiger partial charge in [0.15, 0.2) is 0 Å². The van der Waals surface area contributed by atoms with E-state index in [1.165, 1.54) is 42.5 Å². The molecule has 0 unspecified atom stereocenters. The summed E-state index contributed by atoms with van der Waals surface area (Å²) in [6, 6.07) is 11.1. The molecule has 0 radical (unpaired) electrons. The van der Waals surface area contributed by atoms with Crippen molar-refractivity contribution in [1.82, 2.24) is 19.2 Å². The maximum atomic E-state index is 5.41. The smallest absolute Gasteiger partial charge is 0.0952 e. The SMILES string of the molecule is CC.Cc1c(-c2ccccc2)n[nH]c1C1CCC(NSN2CCOCC2)CC1. The molecule has 4 rings (SSSR count). The van der Waals surface area contributed by atoms with Crippen LogP contribution in [0.5, 0.6) is 0 Å². The fourth-order valence-electron chi connectivity index (χ4n) is 3.97. The van der Waals surface area contributed by atoms with Gasteiger partial charge in [0.25, 0.3) is 0 Å². The summed E-state index contributed by atoms with van der Waals surface area (Å²) in [6.45, 7) is 9.94. The number of hydrogen-bond donors (Lipinski definition) is 2. The Morgan fingerprint density at radius 1 is 1.07 bits per heavy atom. The molecule has 1 saturated carbocycles. The Bertz CT molecular complexity index is 692. The summed E-state index contributed by atoms with van der Waals surface area (Å²) in [5.41, 5.74) is 4.95. The fourth-order valence-corrected chi connectivity index (χ4v) is 4.84. The Hall–Kier alpha value is -1.34. The van der Waals surface area contributed by atoms with Gasteiger partial charge in [-0.1, -0.05) is 44.2 Å². The molecule has 0 atom stereocenters. The Morgan fingerprint density at radius 3 is 2.43 bits per heavy atom. The van der Waals surface area contributed by atoms with Gasteiger partial charge in [-0.15, -0.1) is 0 Å². The third-order valence-corrected chi connectivity index (χ3v) is 6.61. The van der Waals surface area contributed by atoms with Crippen molar-refractivity contribution in [2.75, 3.05) is 26.3 Å². The average Bonchev–Trinajstić information content (AvgIpc) is 3.17. The molecule has 154 valence electrons. The molecule has 1 aromatic carbocycles. The van der Waals surface area contributed by atoms with Gasteiger partial charge in [0, 0.05) is 48.4 Å². The first-order valence-electron chi connectivity index (χ1n) is 10.7. The van der Waals surface area contributed by atoms with E-state index in [2.05, 4.69) is 56.5 Å². The number of H-pyrrole nitrogens is 1. The van der Waals surface area contributed by atoms with Gasteiger partial charge in [0.1, 0.15) is 0 Å². The number of aromatic nitrogens is 2. The van der Waals surface area contributed by atoms with E-state index < -0.39 is 0 Å². The normalized spacial score (nSPS) is 23.1. The van der Waals surface area contributed by atoms with Gasteiger partial charge in [0.05, 0.1) is 18.9 Å². The number of morpholine rings is 1. The highest BCUT2D eigenvalue weighted by Crippen LogP contribution is 2.36. The van der Waals surface area contributed by atoms with Crippen LogP contribution in [0.1, 0.15) is 56.7 Å². The monoisotopic (exact) mass is 402 g/mol. The predicted molar refractivity (Wildman–Crippen MR) is 118 cm³/mol. The lowest BCUT2D eigenvalue weighted by molar-refractivity contribution is 0.0768. The molecular formula is C22H34N4OS. The minimum Gasteiger partial charge on any atom is -0.379 e. The molecule has 2 aliphatic rings. The van der Waals surface area contributed by atoms with E-state index in [1.807, 2.05) is 13.8 Å². The Morgan fingerprint density at radius 2 is 1.75 bits per heavy atom. The zero-order chi connectivity index (χ0) is 19.8. The van der Waals surface area contributed by atoms with Crippen molar-refractivity contribution in [2.45, 2.75) is 58.4 Å². The standard InChI is InChI=1S/C20H28N4OS.C2H6/c1-15-19(16-5-3-2-4-6-16)21-22-20(15)17-7-9-18(10-8-17)23-26-24-11-13-25-14-12-24;1-2/h2-6,17-18,23H,7-14H2,1H3,(H,21,22);1-2H3. The second kappa shape index (κ2) is 11.0. The highest BCUT2D eigenvalue weighted by molar-refractivity contribution is 7.95. The molecule has 1 aliphatic carbocycles. The lowest BCUT2D eigenvalue weighted by Gasteiger charge is -2.31. The molecular weight excluding hydrogens is 368 g/mol. The first-order valence-corrected chi connectivity index (χ1v) is 11.4. The highest BCUT2D eigenvalue weighted by Gasteiger charge is 2.26. The van der Waals surface area contributed by atoms with Gasteiger partial charge in [-0.05, 0) is 38.2 Å². The molecule has 5 nitrogen and oxygen atoms in total. The summed E-state index contributed by atoms with van der Waals surface area (Å²) in [7, 11) is 0. The van der Waals surface area contributed by atoms with Crippen molar-refractivity contribution in [3.8, 4) is 11.3 Å². The summed E-state index contributed by atoms with van der Waals surface area (Å²) in [5, 5.41) is 7.96. The molecule has 1 aliphatic heterocycles. The number of nitrogens with zero attached hydrogens (tertiary/aromatic N) is 2. The van der Waals surface area contributed by atoms with Crippen molar-refractivity contribution in [3.05, 3.63) is 41.6 Å². The van der Waals surface area contributed by atoms with Crippen molar-refractivity contribution in [1.29, 1.82) is 0 Å². The Kier molecular flexibility index (Phi) is 8.40. The topological polar surface area (TPSA) is 53.2 Å². The summed E-state index contributed by atoms with van der Waals surface area (Å²) in [6.07, 6.45) is 4.89. The van der Waals surface area contributed by atoms with Crippen LogP contribution in [0, 0.1) is 6.92 Å². The molecule has 6 heteroatoms. The van der Waals surface area contributed by atoms with Gasteiger partial charge in [0.2, 0.25) is 0 Å². The number of rotatable bonds is 5. The molecule has 2 aromatic rings. The molecule has 0 amide bonds. The van der Waals surface area contributed by atoms with Crippen molar-refractivity contribution in [2.24, 2.45) is 0 Å². The lowest BCUT2D eigenvalue weighted by atomic mass is 9.83. The van der Waals surface area contributed by atoms with Crippen LogP contribution < -0.4 is 4.72 Å². The van der Waals surface area contributed by atoms with Crippen LogP contribution in [-0.2, 0) is 4.74 Å². The molecule has 2 N–H and O–H groups in total. The van der Waals surface area contributed by atoms with Crippen molar-refractivity contribution in [3.63, 3.8) is 0 Å². The van der Waals surface area contributed by atoms with Crippen molar-refractivity contribution < 1.29 is 4.74 Å². The van der Waals surface area contributed by atoms with Crippen LogP contribution in [0.2, 0.25) is 0 Å². The molecule has 1 saturated heterocycles. The van der Waals surface area contributed by atoms with E-state index >= 15 is 0 Å². The average molecular weight is 403 g/mol. The number of nitrogens with one attached hydrogen (secondary N) is 2. The quantitative estimate of drug-likeness (QED) is 0.695. The van der Waals surface area contributed by atoms with E-state index in [0.717, 1.165) is 32.0 Å². The Labute approximate surface area is 173 Å². The first kappa shape index (κ1) is 21.4. The molecule has 28 heavy (non-hydrogen) atoms. The summed E-state index contributed by atoms with van der Waals surface area (Å²) >= 11 is 1.79. The maximum absolute atomic E-state index is 5.41. The summed E-state index contributed by atoms with van der Waals surface area (Å²) < 4.78 is 11.5. The summed E-state index contributed by atoms with van der Waals surface area (Å²) in [5.74, 6) is 0.603. The van der Waals surface area contributed by atoms with Crippen LogP contribution in [0.25, 0.3) is 11.3 Å². The minimum absolute atomic E-state index is 0.603. The van der Waals surface area contributed by atoms with Crippen LogP contribution in [0.4, 0.5) is 0 Å². The van der Waals surface area contributed by atoms with E-state index in [9.17, 15) is 0 Å². The van der Waals surface area contributed by atoms with E-state index in [-0.39, 0.29) is 0 Å². The molecule has 1 aromatic heterocycles. The second-order valence-electron chi connectivity index (χ2n) is 7.28. The Balaban J connectivity index is 0.00000109. The van der Waals surface area contributed by atoms with Gasteiger partial charge in [-0.25, -0.2) is 9.03 Å². The molecule has 2 heterocycles. The third-order valence-electron chi connectivity index (χ3n) is 5.55.